The third-order valence-electron chi connectivity index (χ3n) is 4.41. The molecule has 0 aliphatic heterocycles. The first kappa shape index (κ1) is 15.0. The first-order valence-electron chi connectivity index (χ1n) is 7.42. The van der Waals surface area contributed by atoms with Crippen molar-refractivity contribution in [2.24, 2.45) is 11.8 Å². The molecular formula is C17H24O3. The molecule has 0 heterocycles. The summed E-state index contributed by atoms with van der Waals surface area (Å²) in [4.78, 5) is 22.4. The Morgan fingerprint density at radius 2 is 1.90 bits per heavy atom. The third-order valence-corrected chi connectivity index (χ3v) is 4.41. The van der Waals surface area contributed by atoms with Gasteiger partial charge in [0.15, 0.2) is 0 Å². The number of carbonyl (C=O) groups is 1. The molecule has 3 nitrogen and oxygen atoms in total. The highest BCUT2D eigenvalue weighted by Crippen LogP contribution is 2.31. The molecule has 2 rings (SSSR count). The van der Waals surface area contributed by atoms with Crippen molar-refractivity contribution in [3.63, 3.8) is 0 Å². The summed E-state index contributed by atoms with van der Waals surface area (Å²) >= 11 is 0. The van der Waals surface area contributed by atoms with E-state index in [1.165, 1.54) is 0 Å². The average Bonchev–Trinajstić information content (AvgIpc) is 2.40. The van der Waals surface area contributed by atoms with Crippen molar-refractivity contribution in [3.8, 4) is 0 Å². The summed E-state index contributed by atoms with van der Waals surface area (Å²) in [6.45, 7) is 8.41. The predicted molar refractivity (Wildman–Crippen MR) is 78.4 cm³/mol. The van der Waals surface area contributed by atoms with Gasteiger partial charge in [-0.2, -0.15) is 4.89 Å². The molecule has 0 aromatic heterocycles. The standard InChI is InChI=1S/C17H24O3/c1-11-5-8-16(14(4)9-11)17(18)20-19-15-7-6-12(2)13(3)10-15/h5,8-9,12-13,15H,6-7,10H2,1-4H3. The highest BCUT2D eigenvalue weighted by Gasteiger charge is 2.27. The molecule has 0 saturated heterocycles. The van der Waals surface area contributed by atoms with Gasteiger partial charge in [-0.05, 0) is 56.6 Å². The van der Waals surface area contributed by atoms with Crippen molar-refractivity contribution in [1.82, 2.24) is 0 Å². The normalized spacial score (nSPS) is 26.3. The Morgan fingerprint density at radius 3 is 2.55 bits per heavy atom. The van der Waals surface area contributed by atoms with Crippen LogP contribution in [0.15, 0.2) is 18.2 Å². The van der Waals surface area contributed by atoms with Crippen LogP contribution in [0.4, 0.5) is 0 Å². The van der Waals surface area contributed by atoms with Crippen LogP contribution in [0.5, 0.6) is 0 Å². The number of rotatable bonds is 3. The van der Waals surface area contributed by atoms with Gasteiger partial charge in [-0.1, -0.05) is 31.5 Å². The first-order chi connectivity index (χ1) is 9.47. The minimum absolute atomic E-state index is 0.0379. The Kier molecular flexibility index (Phi) is 4.81. The van der Waals surface area contributed by atoms with Crippen LogP contribution in [0.3, 0.4) is 0 Å². The summed E-state index contributed by atoms with van der Waals surface area (Å²) < 4.78 is 0. The number of carbonyl (C=O) groups excluding carboxylic acids is 1. The molecule has 1 fully saturated rings. The topological polar surface area (TPSA) is 35.5 Å². The Labute approximate surface area is 121 Å². The van der Waals surface area contributed by atoms with Gasteiger partial charge in [-0.25, -0.2) is 4.79 Å². The van der Waals surface area contributed by atoms with Gasteiger partial charge in [0.05, 0.1) is 5.56 Å². The lowest BCUT2D eigenvalue weighted by Gasteiger charge is -2.30. The summed E-state index contributed by atoms with van der Waals surface area (Å²) in [5.41, 5.74) is 2.63. The van der Waals surface area contributed by atoms with Crippen LogP contribution in [0.1, 0.15) is 54.6 Å². The Hall–Kier alpha value is -1.35. The fourth-order valence-electron chi connectivity index (χ4n) is 2.78. The van der Waals surface area contributed by atoms with Gasteiger partial charge in [-0.3, -0.25) is 4.89 Å². The number of benzene rings is 1. The maximum Gasteiger partial charge on any atom is 0.373 e. The van der Waals surface area contributed by atoms with Crippen molar-refractivity contribution in [1.29, 1.82) is 0 Å². The smallest absolute Gasteiger partial charge is 0.293 e. The lowest BCUT2D eigenvalue weighted by atomic mass is 9.80. The van der Waals surface area contributed by atoms with E-state index < -0.39 is 5.97 Å². The Bertz CT molecular complexity index is 481. The molecule has 110 valence electrons. The van der Waals surface area contributed by atoms with Crippen molar-refractivity contribution in [3.05, 3.63) is 34.9 Å². The zero-order valence-electron chi connectivity index (χ0n) is 12.8. The zero-order chi connectivity index (χ0) is 14.7. The fourth-order valence-corrected chi connectivity index (χ4v) is 2.78. The lowest BCUT2D eigenvalue weighted by Crippen LogP contribution is -2.27. The summed E-state index contributed by atoms with van der Waals surface area (Å²) in [5, 5.41) is 0. The van der Waals surface area contributed by atoms with Crippen LogP contribution >= 0.6 is 0 Å². The Morgan fingerprint density at radius 1 is 1.15 bits per heavy atom. The Balaban J connectivity index is 1.89. The SMILES string of the molecule is Cc1ccc(C(=O)OOC2CCC(C)C(C)C2)c(C)c1. The third kappa shape index (κ3) is 3.60. The van der Waals surface area contributed by atoms with Crippen molar-refractivity contribution < 1.29 is 14.6 Å². The van der Waals surface area contributed by atoms with Crippen LogP contribution in [-0.4, -0.2) is 12.1 Å². The summed E-state index contributed by atoms with van der Waals surface area (Å²) in [6, 6.07) is 5.68. The highest BCUT2D eigenvalue weighted by molar-refractivity contribution is 5.90. The second-order valence-corrected chi connectivity index (χ2v) is 6.18. The molecule has 20 heavy (non-hydrogen) atoms. The van der Waals surface area contributed by atoms with Gasteiger partial charge in [0.2, 0.25) is 0 Å². The molecule has 0 amide bonds. The van der Waals surface area contributed by atoms with E-state index in [4.69, 9.17) is 9.78 Å². The monoisotopic (exact) mass is 276 g/mol. The molecule has 0 N–H and O–H groups in total. The van der Waals surface area contributed by atoms with E-state index in [2.05, 4.69) is 13.8 Å². The molecule has 0 radical (unpaired) electrons. The maximum atomic E-state index is 12.0. The predicted octanol–water partition coefficient (Wildman–Crippen LogP) is 4.22. The van der Waals surface area contributed by atoms with Crippen LogP contribution in [-0.2, 0) is 9.78 Å². The molecule has 3 atom stereocenters. The molecule has 3 heteroatoms. The fraction of sp³-hybridized carbons (Fsp3) is 0.588. The highest BCUT2D eigenvalue weighted by atomic mass is 17.2. The number of aryl methyl sites for hydroxylation is 2. The molecule has 1 aromatic rings. The van der Waals surface area contributed by atoms with Crippen molar-refractivity contribution >= 4 is 5.97 Å². The van der Waals surface area contributed by atoms with Gasteiger partial charge in [-0.15, -0.1) is 0 Å². The quantitative estimate of drug-likeness (QED) is 0.612. The van der Waals surface area contributed by atoms with Gasteiger partial charge in [0.25, 0.3) is 0 Å². The van der Waals surface area contributed by atoms with Crippen molar-refractivity contribution in [2.75, 3.05) is 0 Å². The lowest BCUT2D eigenvalue weighted by molar-refractivity contribution is -0.283. The van der Waals surface area contributed by atoms with Crippen LogP contribution < -0.4 is 0 Å². The van der Waals surface area contributed by atoms with E-state index in [-0.39, 0.29) is 6.10 Å². The largest absolute Gasteiger partial charge is 0.373 e. The summed E-state index contributed by atoms with van der Waals surface area (Å²) in [7, 11) is 0. The van der Waals surface area contributed by atoms with Gasteiger partial charge >= 0.3 is 5.97 Å². The molecule has 1 saturated carbocycles. The van der Waals surface area contributed by atoms with Crippen molar-refractivity contribution in [2.45, 2.75) is 53.1 Å². The molecule has 1 aliphatic rings. The second-order valence-electron chi connectivity index (χ2n) is 6.18. The van der Waals surface area contributed by atoms with E-state index in [1.807, 2.05) is 26.0 Å². The minimum Gasteiger partial charge on any atom is -0.293 e. The number of hydrogen-bond donors (Lipinski definition) is 0. The average molecular weight is 276 g/mol. The van der Waals surface area contributed by atoms with Crippen LogP contribution in [0, 0.1) is 25.7 Å². The van der Waals surface area contributed by atoms with E-state index >= 15 is 0 Å². The van der Waals surface area contributed by atoms with Crippen LogP contribution in [0.2, 0.25) is 0 Å². The molecule has 1 aliphatic carbocycles. The minimum atomic E-state index is -0.395. The van der Waals surface area contributed by atoms with Crippen LogP contribution in [0.25, 0.3) is 0 Å². The molecule has 3 unspecified atom stereocenters. The maximum absolute atomic E-state index is 12.0. The summed E-state index contributed by atoms with van der Waals surface area (Å²) in [6.07, 6.45) is 3.09. The molecule has 1 aromatic carbocycles. The van der Waals surface area contributed by atoms with E-state index in [1.54, 1.807) is 6.07 Å². The number of hydrogen-bond acceptors (Lipinski definition) is 3. The van der Waals surface area contributed by atoms with Gasteiger partial charge < -0.3 is 0 Å². The second kappa shape index (κ2) is 6.40. The van der Waals surface area contributed by atoms with Gasteiger partial charge in [0.1, 0.15) is 6.10 Å². The molecular weight excluding hydrogens is 252 g/mol. The van der Waals surface area contributed by atoms with E-state index in [9.17, 15) is 4.79 Å². The first-order valence-corrected chi connectivity index (χ1v) is 7.42. The molecule has 0 spiro atoms. The van der Waals surface area contributed by atoms with E-state index in [0.29, 0.717) is 11.5 Å². The van der Waals surface area contributed by atoms with Gasteiger partial charge in [0, 0.05) is 0 Å². The zero-order valence-corrected chi connectivity index (χ0v) is 12.8. The summed E-state index contributed by atoms with van der Waals surface area (Å²) in [5.74, 6) is 0.951. The molecule has 0 bridgehead atoms. The van der Waals surface area contributed by atoms with E-state index in [0.717, 1.165) is 36.3 Å².